The van der Waals surface area contributed by atoms with Crippen LogP contribution in [0.25, 0.3) is 16.6 Å². The van der Waals surface area contributed by atoms with Gasteiger partial charge in [0, 0.05) is 5.39 Å². The van der Waals surface area contributed by atoms with E-state index in [-0.39, 0.29) is 22.0 Å². The molecule has 2 heterocycles. The Bertz CT molecular complexity index is 1600. The first kappa shape index (κ1) is 20.9. The van der Waals surface area contributed by atoms with Gasteiger partial charge in [0.2, 0.25) is 14.9 Å². The Morgan fingerprint density at radius 1 is 0.848 bits per heavy atom. The van der Waals surface area contributed by atoms with Crippen molar-refractivity contribution in [1.82, 2.24) is 19.8 Å². The van der Waals surface area contributed by atoms with E-state index < -0.39 is 26.6 Å². The van der Waals surface area contributed by atoms with Crippen molar-refractivity contribution in [3.05, 3.63) is 84.4 Å². The molecule has 0 unspecified atom stereocenters. The summed E-state index contributed by atoms with van der Waals surface area (Å²) in [5.74, 6) is 0.0432. The molecule has 0 aliphatic heterocycles. The molecule has 0 aliphatic carbocycles. The van der Waals surface area contributed by atoms with Crippen molar-refractivity contribution in [2.24, 2.45) is 0 Å². The number of para-hydroxylation sites is 2. The average molecular weight is 469 g/mol. The van der Waals surface area contributed by atoms with E-state index in [2.05, 4.69) is 20.6 Å². The van der Waals surface area contributed by atoms with Crippen molar-refractivity contribution in [2.45, 2.75) is 16.1 Å². The van der Waals surface area contributed by atoms with Crippen molar-refractivity contribution in [2.75, 3.05) is 5.32 Å². The highest BCUT2D eigenvalue weighted by molar-refractivity contribution is 7.91. The predicted octanol–water partition coefficient (Wildman–Crippen LogP) is 4.87. The van der Waals surface area contributed by atoms with E-state index in [0.717, 1.165) is 6.07 Å². The second-order valence-electron chi connectivity index (χ2n) is 7.09. The molecule has 0 saturated heterocycles. The number of anilines is 2. The standard InChI is InChI=1S/C22H14F3N5O2S/c23-22(24,25)16-11-5-6-12-17(16)26-19-15-10-4-7-13-18(15)30-20(27-19)21(28-29-30)33(31,32)14-8-2-1-3-9-14/h1-13H,(H,26,27). The number of benzene rings is 3. The number of rotatable bonds is 4. The minimum absolute atomic E-state index is 0.000662. The lowest BCUT2D eigenvalue weighted by Gasteiger charge is -2.15. The van der Waals surface area contributed by atoms with E-state index in [1.165, 1.54) is 34.8 Å². The van der Waals surface area contributed by atoms with E-state index in [1.54, 1.807) is 42.5 Å². The van der Waals surface area contributed by atoms with Gasteiger partial charge in [0.05, 0.1) is 21.7 Å². The van der Waals surface area contributed by atoms with Gasteiger partial charge in [-0.3, -0.25) is 0 Å². The summed E-state index contributed by atoms with van der Waals surface area (Å²) in [4.78, 5) is 4.35. The number of aromatic nitrogens is 4. The fourth-order valence-corrected chi connectivity index (χ4v) is 4.75. The molecule has 0 radical (unpaired) electrons. The van der Waals surface area contributed by atoms with Gasteiger partial charge in [-0.05, 0) is 36.4 Å². The SMILES string of the molecule is O=S(=O)(c1ccccc1)c1nnn2c1nc(Nc1ccccc1C(F)(F)F)c1ccccc12. The molecular weight excluding hydrogens is 455 g/mol. The van der Waals surface area contributed by atoms with Crippen LogP contribution in [0.5, 0.6) is 0 Å². The molecule has 0 bridgehead atoms. The molecule has 3 aromatic carbocycles. The van der Waals surface area contributed by atoms with Crippen LogP contribution in [-0.2, 0) is 16.0 Å². The largest absolute Gasteiger partial charge is 0.418 e. The van der Waals surface area contributed by atoms with Gasteiger partial charge in [0.1, 0.15) is 5.82 Å². The first-order valence-corrected chi connectivity index (χ1v) is 11.1. The second-order valence-corrected chi connectivity index (χ2v) is 8.96. The third kappa shape index (κ3) is 3.55. The quantitative estimate of drug-likeness (QED) is 0.404. The number of hydrogen-bond acceptors (Lipinski definition) is 6. The van der Waals surface area contributed by atoms with E-state index in [1.807, 2.05) is 0 Å². The van der Waals surface area contributed by atoms with E-state index in [4.69, 9.17) is 0 Å². The summed E-state index contributed by atoms with van der Waals surface area (Å²) < 4.78 is 68.1. The molecule has 2 aromatic heterocycles. The molecule has 0 amide bonds. The fraction of sp³-hybridized carbons (Fsp3) is 0.0455. The van der Waals surface area contributed by atoms with Gasteiger partial charge in [0.15, 0.2) is 5.65 Å². The molecule has 0 fully saturated rings. The second kappa shape index (κ2) is 7.55. The summed E-state index contributed by atoms with van der Waals surface area (Å²) >= 11 is 0. The number of sulfone groups is 1. The highest BCUT2D eigenvalue weighted by Crippen LogP contribution is 2.37. The maximum Gasteiger partial charge on any atom is 0.418 e. The number of fused-ring (bicyclic) bond motifs is 3. The molecule has 1 N–H and O–H groups in total. The van der Waals surface area contributed by atoms with Gasteiger partial charge in [-0.25, -0.2) is 13.4 Å². The first-order chi connectivity index (χ1) is 15.8. The zero-order valence-corrected chi connectivity index (χ0v) is 17.5. The minimum atomic E-state index is -4.59. The van der Waals surface area contributed by atoms with Crippen LogP contribution in [0.1, 0.15) is 5.56 Å². The van der Waals surface area contributed by atoms with Crippen LogP contribution in [0.3, 0.4) is 0 Å². The summed E-state index contributed by atoms with van der Waals surface area (Å²) in [6.07, 6.45) is -4.59. The molecule has 0 aliphatic rings. The summed E-state index contributed by atoms with van der Waals surface area (Å²) in [5.41, 5.74) is -0.771. The highest BCUT2D eigenvalue weighted by atomic mass is 32.2. The van der Waals surface area contributed by atoms with E-state index >= 15 is 0 Å². The van der Waals surface area contributed by atoms with E-state index in [0.29, 0.717) is 10.9 Å². The molecule has 0 saturated carbocycles. The van der Waals surface area contributed by atoms with Crippen LogP contribution in [-0.4, -0.2) is 28.2 Å². The monoisotopic (exact) mass is 469 g/mol. The molecule has 11 heteroatoms. The molecule has 5 rings (SSSR count). The van der Waals surface area contributed by atoms with Crippen LogP contribution < -0.4 is 5.32 Å². The van der Waals surface area contributed by atoms with Gasteiger partial charge in [0.25, 0.3) is 0 Å². The Labute approximate surface area is 185 Å². The number of hydrogen-bond donors (Lipinski definition) is 1. The fourth-order valence-electron chi connectivity index (χ4n) is 3.49. The number of halogens is 3. The Morgan fingerprint density at radius 2 is 1.52 bits per heavy atom. The Morgan fingerprint density at radius 3 is 2.27 bits per heavy atom. The van der Waals surface area contributed by atoms with E-state index in [9.17, 15) is 21.6 Å². The highest BCUT2D eigenvalue weighted by Gasteiger charge is 2.33. The predicted molar refractivity (Wildman–Crippen MR) is 115 cm³/mol. The van der Waals surface area contributed by atoms with Crippen LogP contribution >= 0.6 is 0 Å². The number of alkyl halides is 3. The summed E-state index contributed by atoms with van der Waals surface area (Å²) in [7, 11) is -4.08. The topological polar surface area (TPSA) is 89.2 Å². The van der Waals surface area contributed by atoms with Crippen molar-refractivity contribution in [3.8, 4) is 0 Å². The van der Waals surface area contributed by atoms with Gasteiger partial charge in [-0.1, -0.05) is 47.7 Å². The first-order valence-electron chi connectivity index (χ1n) is 9.64. The van der Waals surface area contributed by atoms with Crippen molar-refractivity contribution < 1.29 is 21.6 Å². The van der Waals surface area contributed by atoms with Gasteiger partial charge < -0.3 is 5.32 Å². The Kier molecular flexibility index (Phi) is 4.78. The average Bonchev–Trinajstić information content (AvgIpc) is 3.24. The maximum atomic E-state index is 13.5. The lowest BCUT2D eigenvalue weighted by molar-refractivity contribution is -0.136. The summed E-state index contributed by atoms with van der Waals surface area (Å²) in [6.45, 7) is 0. The van der Waals surface area contributed by atoms with Gasteiger partial charge in [-0.15, -0.1) is 5.10 Å². The molecule has 5 aromatic rings. The molecule has 0 atom stereocenters. The number of nitrogens with zero attached hydrogens (tertiary/aromatic N) is 4. The molecule has 7 nitrogen and oxygen atoms in total. The molecular formula is C22H14F3N5O2S. The normalized spacial score (nSPS) is 12.3. The zero-order chi connectivity index (χ0) is 23.2. The molecule has 0 spiro atoms. The smallest absolute Gasteiger partial charge is 0.339 e. The third-order valence-corrected chi connectivity index (χ3v) is 6.68. The minimum Gasteiger partial charge on any atom is -0.339 e. The van der Waals surface area contributed by atoms with Crippen molar-refractivity contribution >= 4 is 37.9 Å². The number of nitrogens with one attached hydrogen (secondary N) is 1. The Balaban J connectivity index is 1.75. The summed E-state index contributed by atoms with van der Waals surface area (Å²) in [5, 5.41) is 10.6. The van der Waals surface area contributed by atoms with Crippen molar-refractivity contribution in [1.29, 1.82) is 0 Å². The third-order valence-electron chi connectivity index (χ3n) is 5.02. The van der Waals surface area contributed by atoms with Crippen LogP contribution in [0.4, 0.5) is 24.7 Å². The van der Waals surface area contributed by atoms with Crippen LogP contribution in [0.15, 0.2) is 88.8 Å². The van der Waals surface area contributed by atoms with Crippen LogP contribution in [0.2, 0.25) is 0 Å². The van der Waals surface area contributed by atoms with Crippen LogP contribution in [0, 0.1) is 0 Å². The lowest BCUT2D eigenvalue weighted by Crippen LogP contribution is -2.10. The van der Waals surface area contributed by atoms with Crippen molar-refractivity contribution in [3.63, 3.8) is 0 Å². The van der Waals surface area contributed by atoms with Gasteiger partial charge in [-0.2, -0.15) is 17.7 Å². The lowest BCUT2D eigenvalue weighted by atomic mass is 10.1. The molecule has 166 valence electrons. The maximum absolute atomic E-state index is 13.5. The van der Waals surface area contributed by atoms with Gasteiger partial charge >= 0.3 is 6.18 Å². The Hall–Kier alpha value is -3.99. The summed E-state index contributed by atoms with van der Waals surface area (Å²) in [6, 6.07) is 19.3. The molecule has 33 heavy (non-hydrogen) atoms. The zero-order valence-electron chi connectivity index (χ0n) is 16.7.